The van der Waals surface area contributed by atoms with Gasteiger partial charge in [0, 0.05) is 6.54 Å². The molecule has 0 fully saturated rings. The number of aliphatic hydroxyl groups excluding tert-OH is 1. The standard InChI is InChI=1S/C10H23NO4Si/c1-10(2,3)16(4,5)15-8(7-12)6-11-9(13)14/h8,11-12H,6-7H2,1-5H3,(H,13,14). The fourth-order valence-electron chi connectivity index (χ4n) is 0.938. The highest BCUT2D eigenvalue weighted by atomic mass is 28.4. The minimum atomic E-state index is -1.95. The van der Waals surface area contributed by atoms with Gasteiger partial charge in [0.2, 0.25) is 0 Å². The Morgan fingerprint density at radius 1 is 1.44 bits per heavy atom. The van der Waals surface area contributed by atoms with Crippen LogP contribution in [0.4, 0.5) is 4.79 Å². The molecule has 6 heteroatoms. The van der Waals surface area contributed by atoms with Crippen LogP contribution < -0.4 is 5.32 Å². The fraction of sp³-hybridized carbons (Fsp3) is 0.900. The van der Waals surface area contributed by atoms with Crippen LogP contribution in [-0.2, 0) is 4.43 Å². The summed E-state index contributed by atoms with van der Waals surface area (Å²) in [7, 11) is -1.95. The summed E-state index contributed by atoms with van der Waals surface area (Å²) >= 11 is 0. The highest BCUT2D eigenvalue weighted by Crippen LogP contribution is 2.37. The van der Waals surface area contributed by atoms with Crippen molar-refractivity contribution in [3.05, 3.63) is 0 Å². The monoisotopic (exact) mass is 249 g/mol. The molecule has 0 aliphatic rings. The van der Waals surface area contributed by atoms with E-state index in [9.17, 15) is 4.79 Å². The van der Waals surface area contributed by atoms with E-state index in [4.69, 9.17) is 14.6 Å². The third kappa shape index (κ3) is 4.96. The predicted molar refractivity (Wildman–Crippen MR) is 65.2 cm³/mol. The van der Waals surface area contributed by atoms with Crippen LogP contribution in [0.25, 0.3) is 0 Å². The Labute approximate surface area is 97.9 Å². The van der Waals surface area contributed by atoms with Gasteiger partial charge in [-0.1, -0.05) is 20.8 Å². The molecule has 0 bridgehead atoms. The molecule has 0 aromatic heterocycles. The lowest BCUT2D eigenvalue weighted by molar-refractivity contribution is 0.100. The third-order valence-electron chi connectivity index (χ3n) is 2.95. The summed E-state index contributed by atoms with van der Waals surface area (Å²) in [5.41, 5.74) is 0. The van der Waals surface area contributed by atoms with Crippen LogP contribution in [0, 0.1) is 0 Å². The average molecular weight is 249 g/mol. The van der Waals surface area contributed by atoms with E-state index in [-0.39, 0.29) is 18.2 Å². The summed E-state index contributed by atoms with van der Waals surface area (Å²) in [6.45, 7) is 10.4. The number of carbonyl (C=O) groups is 1. The van der Waals surface area contributed by atoms with Crippen LogP contribution in [0.15, 0.2) is 0 Å². The molecule has 1 atom stereocenters. The van der Waals surface area contributed by atoms with Gasteiger partial charge < -0.3 is 20.0 Å². The Kier molecular flexibility index (Phi) is 5.44. The van der Waals surface area contributed by atoms with Crippen molar-refractivity contribution in [1.82, 2.24) is 5.32 Å². The van der Waals surface area contributed by atoms with Crippen LogP contribution in [-0.4, -0.2) is 43.9 Å². The maximum Gasteiger partial charge on any atom is 0.404 e. The van der Waals surface area contributed by atoms with Crippen molar-refractivity contribution in [2.24, 2.45) is 0 Å². The van der Waals surface area contributed by atoms with Gasteiger partial charge in [-0.05, 0) is 18.1 Å². The SMILES string of the molecule is CC(C)(C)[Si](C)(C)OC(CO)CNC(=O)O. The first-order valence-corrected chi connectivity index (χ1v) is 8.26. The zero-order valence-electron chi connectivity index (χ0n) is 10.7. The van der Waals surface area contributed by atoms with Gasteiger partial charge in [-0.3, -0.25) is 0 Å². The molecular weight excluding hydrogens is 226 g/mol. The van der Waals surface area contributed by atoms with Crippen molar-refractivity contribution in [1.29, 1.82) is 0 Å². The molecule has 0 aromatic carbocycles. The lowest BCUT2D eigenvalue weighted by atomic mass is 10.2. The lowest BCUT2D eigenvalue weighted by Gasteiger charge is -2.38. The fourth-order valence-corrected chi connectivity index (χ4v) is 2.28. The molecule has 0 heterocycles. The minimum Gasteiger partial charge on any atom is -0.465 e. The van der Waals surface area contributed by atoms with E-state index in [1.165, 1.54) is 0 Å². The maximum absolute atomic E-state index is 10.3. The van der Waals surface area contributed by atoms with Crippen LogP contribution >= 0.6 is 0 Å². The Bertz CT molecular complexity index is 237. The van der Waals surface area contributed by atoms with Crippen molar-refractivity contribution in [2.75, 3.05) is 13.2 Å². The molecule has 96 valence electrons. The van der Waals surface area contributed by atoms with E-state index in [1.54, 1.807) is 0 Å². The molecule has 0 aliphatic carbocycles. The third-order valence-corrected chi connectivity index (χ3v) is 7.49. The van der Waals surface area contributed by atoms with Gasteiger partial charge in [0.25, 0.3) is 0 Å². The molecule has 0 aromatic rings. The number of carboxylic acid groups (broad SMARTS) is 1. The highest BCUT2D eigenvalue weighted by molar-refractivity contribution is 6.74. The first-order valence-electron chi connectivity index (χ1n) is 5.35. The summed E-state index contributed by atoms with van der Waals surface area (Å²) in [4.78, 5) is 10.3. The molecule has 0 saturated heterocycles. The Morgan fingerprint density at radius 3 is 2.25 bits per heavy atom. The molecular formula is C10H23NO4Si. The number of nitrogens with one attached hydrogen (secondary N) is 1. The predicted octanol–water partition coefficient (Wildman–Crippen LogP) is 1.64. The second kappa shape index (κ2) is 5.65. The van der Waals surface area contributed by atoms with Gasteiger partial charge in [-0.25, -0.2) is 4.79 Å². The van der Waals surface area contributed by atoms with Gasteiger partial charge in [0.1, 0.15) is 0 Å². The number of rotatable bonds is 5. The summed E-state index contributed by atoms with van der Waals surface area (Å²) in [5, 5.41) is 19.9. The van der Waals surface area contributed by atoms with Gasteiger partial charge in [0.05, 0.1) is 12.7 Å². The molecule has 0 aliphatic heterocycles. The molecule has 1 unspecified atom stereocenters. The van der Waals surface area contributed by atoms with Crippen LogP contribution in [0.5, 0.6) is 0 Å². The van der Waals surface area contributed by atoms with Crippen molar-refractivity contribution < 1.29 is 19.4 Å². The Morgan fingerprint density at radius 2 is 1.94 bits per heavy atom. The van der Waals surface area contributed by atoms with E-state index in [0.29, 0.717) is 0 Å². The van der Waals surface area contributed by atoms with Gasteiger partial charge in [0.15, 0.2) is 8.32 Å². The van der Waals surface area contributed by atoms with Crippen molar-refractivity contribution >= 4 is 14.4 Å². The molecule has 3 N–H and O–H groups in total. The summed E-state index contributed by atoms with van der Waals surface area (Å²) < 4.78 is 5.86. The lowest BCUT2D eigenvalue weighted by Crippen LogP contribution is -2.48. The first kappa shape index (κ1) is 15.4. The number of hydrogen-bond donors (Lipinski definition) is 3. The zero-order valence-corrected chi connectivity index (χ0v) is 11.7. The average Bonchev–Trinajstić information content (AvgIpc) is 2.09. The molecule has 16 heavy (non-hydrogen) atoms. The minimum absolute atomic E-state index is 0.0453. The molecule has 0 spiro atoms. The van der Waals surface area contributed by atoms with Crippen LogP contribution in [0.1, 0.15) is 20.8 Å². The number of hydrogen-bond acceptors (Lipinski definition) is 3. The van der Waals surface area contributed by atoms with Gasteiger partial charge >= 0.3 is 6.09 Å². The van der Waals surface area contributed by atoms with Gasteiger partial charge in [-0.2, -0.15) is 0 Å². The van der Waals surface area contributed by atoms with E-state index >= 15 is 0 Å². The second-order valence-electron chi connectivity index (χ2n) is 5.37. The van der Waals surface area contributed by atoms with Crippen LogP contribution in [0.2, 0.25) is 18.1 Å². The van der Waals surface area contributed by atoms with E-state index in [0.717, 1.165) is 0 Å². The molecule has 0 saturated carbocycles. The van der Waals surface area contributed by atoms with E-state index in [1.807, 2.05) is 0 Å². The zero-order chi connectivity index (χ0) is 13.0. The molecule has 1 amide bonds. The van der Waals surface area contributed by atoms with E-state index in [2.05, 4.69) is 39.2 Å². The topological polar surface area (TPSA) is 78.8 Å². The smallest absolute Gasteiger partial charge is 0.404 e. The van der Waals surface area contributed by atoms with Crippen molar-refractivity contribution in [3.8, 4) is 0 Å². The Balaban J connectivity index is 4.36. The second-order valence-corrected chi connectivity index (χ2v) is 10.1. The highest BCUT2D eigenvalue weighted by Gasteiger charge is 2.39. The van der Waals surface area contributed by atoms with Crippen molar-refractivity contribution in [2.45, 2.75) is 45.0 Å². The molecule has 0 rings (SSSR count). The summed E-state index contributed by atoms with van der Waals surface area (Å²) in [5.74, 6) is 0. The molecule has 5 nitrogen and oxygen atoms in total. The summed E-state index contributed by atoms with van der Waals surface area (Å²) in [6.07, 6.45) is -1.56. The first-order chi connectivity index (χ1) is 7.10. The number of aliphatic hydroxyl groups is 1. The number of amides is 1. The summed E-state index contributed by atoms with van der Waals surface area (Å²) in [6, 6.07) is 0. The quantitative estimate of drug-likeness (QED) is 0.647. The largest absolute Gasteiger partial charge is 0.465 e. The van der Waals surface area contributed by atoms with E-state index < -0.39 is 20.5 Å². The maximum atomic E-state index is 10.3. The normalized spacial score (nSPS) is 14.6. The van der Waals surface area contributed by atoms with Gasteiger partial charge in [-0.15, -0.1) is 0 Å². The molecule has 0 radical (unpaired) electrons. The van der Waals surface area contributed by atoms with Crippen LogP contribution in [0.3, 0.4) is 0 Å². The van der Waals surface area contributed by atoms with Crippen molar-refractivity contribution in [3.63, 3.8) is 0 Å². The Hall–Kier alpha value is -0.593.